The zero-order valence-electron chi connectivity index (χ0n) is 22.6. The van der Waals surface area contributed by atoms with Gasteiger partial charge in [-0.3, -0.25) is 14.3 Å². The Bertz CT molecular complexity index is 1670. The van der Waals surface area contributed by atoms with Crippen LogP contribution in [0.3, 0.4) is 0 Å². The predicted molar refractivity (Wildman–Crippen MR) is 150 cm³/mol. The van der Waals surface area contributed by atoms with Crippen molar-refractivity contribution in [1.29, 1.82) is 0 Å². The third-order valence-corrected chi connectivity index (χ3v) is 6.81. The molecule has 3 aromatic heterocycles. The fraction of sp³-hybridized carbons (Fsp3) is 0.233. The number of hydrogen-bond acceptors (Lipinski definition) is 5. The molecule has 1 atom stereocenters. The van der Waals surface area contributed by atoms with Crippen molar-refractivity contribution < 1.29 is 9.59 Å². The maximum atomic E-state index is 13.4. The van der Waals surface area contributed by atoms with E-state index in [9.17, 15) is 9.59 Å². The first-order chi connectivity index (χ1) is 18.6. The Labute approximate surface area is 226 Å². The maximum Gasteiger partial charge on any atom is 0.252 e. The molecule has 0 radical (unpaired) electrons. The quantitative estimate of drug-likeness (QED) is 0.284. The van der Waals surface area contributed by atoms with Crippen LogP contribution in [0.1, 0.15) is 64.5 Å². The number of benzene rings is 2. The minimum Gasteiger partial charge on any atom is -0.347 e. The number of para-hydroxylation sites is 1. The summed E-state index contributed by atoms with van der Waals surface area (Å²) in [4.78, 5) is 38.4. The SMILES string of the molecule is Cc1cc(C(=O)NC(C)(C)c2ncc[nH]2)ccc1C(=O)N[C@H](C)c1cc(-c2cnn(C)c2)nc2ccccc12. The van der Waals surface area contributed by atoms with Crippen LogP contribution < -0.4 is 10.6 Å². The van der Waals surface area contributed by atoms with Crippen LogP contribution in [0.15, 0.2) is 73.3 Å². The standard InChI is InChI=1S/C30H31N7O2/c1-18-14-20(27(38)36-30(3,4)29-31-12-13-32-29)10-11-22(18)28(39)34-19(2)24-15-26(21-16-33-37(5)17-21)35-25-9-7-6-8-23(24)25/h6-17,19H,1-5H3,(H,31,32)(H,34,39)(H,36,38)/t19-/m1/s1. The molecule has 3 heterocycles. The summed E-state index contributed by atoms with van der Waals surface area (Å²) >= 11 is 0. The van der Waals surface area contributed by atoms with Crippen LogP contribution in [0.25, 0.3) is 22.2 Å². The Balaban J connectivity index is 1.37. The van der Waals surface area contributed by atoms with E-state index in [2.05, 4.69) is 25.7 Å². The number of fused-ring (bicyclic) bond motifs is 1. The van der Waals surface area contributed by atoms with E-state index in [0.29, 0.717) is 22.5 Å². The highest BCUT2D eigenvalue weighted by Crippen LogP contribution is 2.29. The van der Waals surface area contributed by atoms with Gasteiger partial charge in [-0.05, 0) is 69.2 Å². The molecule has 0 aliphatic carbocycles. The van der Waals surface area contributed by atoms with E-state index in [4.69, 9.17) is 4.98 Å². The Kier molecular flexibility index (Phi) is 6.74. The van der Waals surface area contributed by atoms with Crippen molar-refractivity contribution >= 4 is 22.7 Å². The van der Waals surface area contributed by atoms with Gasteiger partial charge in [-0.1, -0.05) is 18.2 Å². The number of nitrogens with one attached hydrogen (secondary N) is 3. The topological polar surface area (TPSA) is 118 Å². The molecule has 5 rings (SSSR count). The lowest BCUT2D eigenvalue weighted by Crippen LogP contribution is -2.41. The van der Waals surface area contributed by atoms with Gasteiger partial charge < -0.3 is 15.6 Å². The van der Waals surface area contributed by atoms with E-state index in [0.717, 1.165) is 27.7 Å². The number of nitrogens with zero attached hydrogens (tertiary/aromatic N) is 4. The van der Waals surface area contributed by atoms with Crippen molar-refractivity contribution in [3.05, 3.63) is 101 Å². The molecule has 5 aromatic rings. The second-order valence-corrected chi connectivity index (χ2v) is 10.3. The average Bonchev–Trinajstić information content (AvgIpc) is 3.60. The number of imidazole rings is 1. The second kappa shape index (κ2) is 10.2. The van der Waals surface area contributed by atoms with Gasteiger partial charge in [0.25, 0.3) is 11.8 Å². The lowest BCUT2D eigenvalue weighted by molar-refractivity contribution is 0.0904. The second-order valence-electron chi connectivity index (χ2n) is 10.3. The normalized spacial score (nSPS) is 12.3. The Morgan fingerprint density at radius 3 is 2.56 bits per heavy atom. The minimum absolute atomic E-state index is 0.216. The summed E-state index contributed by atoms with van der Waals surface area (Å²) in [6.45, 7) is 7.54. The van der Waals surface area contributed by atoms with Gasteiger partial charge >= 0.3 is 0 Å². The first-order valence-corrected chi connectivity index (χ1v) is 12.7. The van der Waals surface area contributed by atoms with Crippen LogP contribution in [0.2, 0.25) is 0 Å². The minimum atomic E-state index is -0.679. The van der Waals surface area contributed by atoms with Crippen molar-refractivity contribution in [3.63, 3.8) is 0 Å². The van der Waals surface area contributed by atoms with Crippen LogP contribution >= 0.6 is 0 Å². The third-order valence-electron chi connectivity index (χ3n) is 6.81. The summed E-state index contributed by atoms with van der Waals surface area (Å²) in [5, 5.41) is 11.4. The van der Waals surface area contributed by atoms with Gasteiger partial charge in [0.2, 0.25) is 0 Å². The molecule has 0 unspecified atom stereocenters. The number of hydrogen-bond donors (Lipinski definition) is 3. The van der Waals surface area contributed by atoms with Gasteiger partial charge in [0.05, 0.1) is 29.0 Å². The molecule has 9 heteroatoms. The molecular formula is C30H31N7O2. The summed E-state index contributed by atoms with van der Waals surface area (Å²) in [5.41, 5.74) is 4.51. The van der Waals surface area contributed by atoms with E-state index >= 15 is 0 Å². The molecule has 0 saturated heterocycles. The van der Waals surface area contributed by atoms with Gasteiger partial charge in [-0.25, -0.2) is 9.97 Å². The van der Waals surface area contributed by atoms with Crippen LogP contribution in [0.4, 0.5) is 0 Å². The molecule has 0 spiro atoms. The van der Waals surface area contributed by atoms with Crippen LogP contribution in [0, 0.1) is 6.92 Å². The number of aromatic nitrogens is 5. The van der Waals surface area contributed by atoms with Crippen molar-refractivity contribution in [2.24, 2.45) is 7.05 Å². The number of amides is 2. The molecule has 198 valence electrons. The highest BCUT2D eigenvalue weighted by molar-refractivity contribution is 5.99. The molecule has 9 nitrogen and oxygen atoms in total. The molecule has 2 aromatic carbocycles. The third kappa shape index (κ3) is 5.29. The van der Waals surface area contributed by atoms with E-state index in [-0.39, 0.29) is 17.9 Å². The molecule has 0 aliphatic rings. The molecular weight excluding hydrogens is 490 g/mol. The molecule has 0 bridgehead atoms. The molecule has 0 aliphatic heterocycles. The summed E-state index contributed by atoms with van der Waals surface area (Å²) in [6.07, 6.45) is 7.06. The first kappa shape index (κ1) is 25.8. The molecule has 0 fully saturated rings. The summed E-state index contributed by atoms with van der Waals surface area (Å²) in [5.74, 6) is 0.200. The number of carbonyl (C=O) groups excluding carboxylic acids is 2. The highest BCUT2D eigenvalue weighted by Gasteiger charge is 2.26. The monoisotopic (exact) mass is 521 g/mol. The zero-order valence-corrected chi connectivity index (χ0v) is 22.6. The van der Waals surface area contributed by atoms with Gasteiger partial charge in [0, 0.05) is 47.7 Å². The fourth-order valence-corrected chi connectivity index (χ4v) is 4.70. The number of pyridine rings is 1. The fourth-order valence-electron chi connectivity index (χ4n) is 4.70. The van der Waals surface area contributed by atoms with E-state index in [1.54, 1.807) is 41.5 Å². The lowest BCUT2D eigenvalue weighted by atomic mass is 9.99. The first-order valence-electron chi connectivity index (χ1n) is 12.7. The van der Waals surface area contributed by atoms with Gasteiger partial charge in [0.15, 0.2) is 0 Å². The Hall–Kier alpha value is -4.79. The molecule has 2 amide bonds. The Morgan fingerprint density at radius 2 is 1.87 bits per heavy atom. The summed E-state index contributed by atoms with van der Waals surface area (Å²) in [7, 11) is 1.87. The Morgan fingerprint density at radius 1 is 1.08 bits per heavy atom. The van der Waals surface area contributed by atoms with Crippen molar-refractivity contribution in [2.45, 2.75) is 39.3 Å². The van der Waals surface area contributed by atoms with Crippen molar-refractivity contribution in [1.82, 2.24) is 35.4 Å². The highest BCUT2D eigenvalue weighted by atomic mass is 16.2. The van der Waals surface area contributed by atoms with Crippen LogP contribution in [0.5, 0.6) is 0 Å². The lowest BCUT2D eigenvalue weighted by Gasteiger charge is -2.24. The van der Waals surface area contributed by atoms with Crippen LogP contribution in [-0.4, -0.2) is 36.5 Å². The van der Waals surface area contributed by atoms with Gasteiger partial charge in [-0.2, -0.15) is 5.10 Å². The maximum absolute atomic E-state index is 13.4. The van der Waals surface area contributed by atoms with E-state index in [1.807, 2.05) is 71.3 Å². The summed E-state index contributed by atoms with van der Waals surface area (Å²) < 4.78 is 1.74. The van der Waals surface area contributed by atoms with E-state index in [1.165, 1.54) is 0 Å². The summed E-state index contributed by atoms with van der Waals surface area (Å²) in [6, 6.07) is 14.7. The average molecular weight is 522 g/mol. The predicted octanol–water partition coefficient (Wildman–Crippen LogP) is 4.82. The molecule has 0 saturated carbocycles. The number of aryl methyl sites for hydroxylation is 2. The molecule has 3 N–H and O–H groups in total. The molecule has 39 heavy (non-hydrogen) atoms. The van der Waals surface area contributed by atoms with Crippen molar-refractivity contribution in [2.75, 3.05) is 0 Å². The van der Waals surface area contributed by atoms with Crippen molar-refractivity contribution in [3.8, 4) is 11.3 Å². The smallest absolute Gasteiger partial charge is 0.252 e. The number of carbonyl (C=O) groups is 2. The van der Waals surface area contributed by atoms with E-state index < -0.39 is 5.54 Å². The van der Waals surface area contributed by atoms with Crippen LogP contribution in [-0.2, 0) is 12.6 Å². The van der Waals surface area contributed by atoms with Gasteiger partial charge in [-0.15, -0.1) is 0 Å². The van der Waals surface area contributed by atoms with Gasteiger partial charge in [0.1, 0.15) is 5.82 Å². The number of aromatic amines is 1. The zero-order chi connectivity index (χ0) is 27.7. The largest absolute Gasteiger partial charge is 0.347 e. The number of rotatable bonds is 7. The number of H-pyrrole nitrogens is 1.